The van der Waals surface area contributed by atoms with Crippen molar-refractivity contribution in [2.24, 2.45) is 0 Å². The fraction of sp³-hybridized carbons (Fsp3) is 0.308. The molecule has 1 aromatic carbocycles. The van der Waals surface area contributed by atoms with E-state index in [1.165, 1.54) is 0 Å². The van der Waals surface area contributed by atoms with E-state index in [1.54, 1.807) is 6.07 Å². The van der Waals surface area contributed by atoms with Crippen molar-refractivity contribution in [3.63, 3.8) is 0 Å². The maximum Gasteiger partial charge on any atom is 0.379 e. The van der Waals surface area contributed by atoms with Gasteiger partial charge in [0.15, 0.2) is 0 Å². The molecule has 1 aromatic heterocycles. The summed E-state index contributed by atoms with van der Waals surface area (Å²) in [6.45, 7) is 4.33. The lowest BCUT2D eigenvalue weighted by Gasteiger charge is -2.09. The van der Waals surface area contributed by atoms with Crippen molar-refractivity contribution in [1.29, 1.82) is 0 Å². The van der Waals surface area contributed by atoms with Gasteiger partial charge in [-0.25, -0.2) is 4.79 Å². The van der Waals surface area contributed by atoms with E-state index in [0.717, 1.165) is 17.4 Å². The zero-order valence-corrected chi connectivity index (χ0v) is 9.45. The van der Waals surface area contributed by atoms with Crippen molar-refractivity contribution in [3.05, 3.63) is 40.2 Å². The van der Waals surface area contributed by atoms with Crippen molar-refractivity contribution in [2.45, 2.75) is 20.3 Å². The van der Waals surface area contributed by atoms with Crippen LogP contribution in [0.2, 0.25) is 0 Å². The molecule has 3 nitrogen and oxygen atoms in total. The molecule has 0 unspecified atom stereocenters. The summed E-state index contributed by atoms with van der Waals surface area (Å²) in [5, 5.41) is 0.952. The summed E-state index contributed by atoms with van der Waals surface area (Å²) in [4.78, 5) is 11.7. The fourth-order valence-electron chi connectivity index (χ4n) is 1.84. The van der Waals surface area contributed by atoms with E-state index < -0.39 is 5.63 Å². The fourth-order valence-corrected chi connectivity index (χ4v) is 1.84. The second-order valence-corrected chi connectivity index (χ2v) is 3.48. The van der Waals surface area contributed by atoms with Crippen LogP contribution in [0.3, 0.4) is 0 Å². The van der Waals surface area contributed by atoms with E-state index in [-0.39, 0.29) is 0 Å². The first-order valence-corrected chi connectivity index (χ1v) is 5.45. The zero-order valence-electron chi connectivity index (χ0n) is 9.45. The van der Waals surface area contributed by atoms with Crippen molar-refractivity contribution >= 4 is 11.0 Å². The number of aryl methyl sites for hydroxylation is 1. The van der Waals surface area contributed by atoms with Crippen molar-refractivity contribution in [2.75, 3.05) is 6.61 Å². The number of benzene rings is 1. The first-order valence-electron chi connectivity index (χ1n) is 5.45. The Morgan fingerprint density at radius 1 is 1.25 bits per heavy atom. The van der Waals surface area contributed by atoms with E-state index in [0.29, 0.717) is 17.9 Å². The highest BCUT2D eigenvalue weighted by Gasteiger charge is 2.13. The van der Waals surface area contributed by atoms with Crippen LogP contribution in [0.1, 0.15) is 19.4 Å². The predicted molar refractivity (Wildman–Crippen MR) is 63.0 cm³/mol. The minimum Gasteiger partial charge on any atom is -0.487 e. The first kappa shape index (κ1) is 10.7. The maximum absolute atomic E-state index is 11.7. The lowest BCUT2D eigenvalue weighted by molar-refractivity contribution is 0.318. The van der Waals surface area contributed by atoms with Gasteiger partial charge in [-0.15, -0.1) is 0 Å². The Morgan fingerprint density at radius 2 is 2.00 bits per heavy atom. The molecule has 1 heterocycles. The smallest absolute Gasteiger partial charge is 0.379 e. The molecule has 16 heavy (non-hydrogen) atoms. The third kappa shape index (κ3) is 1.69. The molecule has 0 aliphatic heterocycles. The number of para-hydroxylation sites is 1. The van der Waals surface area contributed by atoms with Gasteiger partial charge in [0, 0.05) is 10.9 Å². The van der Waals surface area contributed by atoms with Crippen LogP contribution in [0.25, 0.3) is 11.0 Å². The number of hydrogen-bond acceptors (Lipinski definition) is 3. The molecule has 0 saturated heterocycles. The Morgan fingerprint density at radius 3 is 2.69 bits per heavy atom. The lowest BCUT2D eigenvalue weighted by Crippen LogP contribution is -2.10. The van der Waals surface area contributed by atoms with Gasteiger partial charge in [-0.2, -0.15) is 0 Å². The van der Waals surface area contributed by atoms with E-state index in [1.807, 2.05) is 32.0 Å². The monoisotopic (exact) mass is 218 g/mol. The Hall–Kier alpha value is -1.77. The van der Waals surface area contributed by atoms with Gasteiger partial charge in [-0.05, 0) is 19.4 Å². The molecule has 0 aliphatic carbocycles. The highest BCUT2D eigenvalue weighted by Crippen LogP contribution is 2.24. The van der Waals surface area contributed by atoms with Gasteiger partial charge >= 0.3 is 5.63 Å². The Labute approximate surface area is 93.7 Å². The molecule has 0 aliphatic rings. The van der Waals surface area contributed by atoms with Crippen LogP contribution in [0.5, 0.6) is 5.75 Å². The minimum absolute atomic E-state index is 0.351. The summed E-state index contributed by atoms with van der Waals surface area (Å²) in [6, 6.07) is 7.52. The second-order valence-electron chi connectivity index (χ2n) is 3.48. The molecule has 84 valence electrons. The molecule has 3 heteroatoms. The number of ether oxygens (including phenoxy) is 1. The Kier molecular flexibility index (Phi) is 2.95. The van der Waals surface area contributed by atoms with E-state index in [4.69, 9.17) is 9.15 Å². The normalized spacial score (nSPS) is 10.6. The molecule has 0 N–H and O–H groups in total. The van der Waals surface area contributed by atoms with E-state index >= 15 is 0 Å². The standard InChI is InChI=1S/C13H14O3/c1-3-9-10-7-5-6-8-11(10)16-13(14)12(9)15-4-2/h5-8H,3-4H2,1-2H3. The van der Waals surface area contributed by atoms with Gasteiger partial charge < -0.3 is 9.15 Å². The van der Waals surface area contributed by atoms with Gasteiger partial charge in [-0.1, -0.05) is 25.1 Å². The molecular formula is C13H14O3. The van der Waals surface area contributed by atoms with Crippen LogP contribution < -0.4 is 10.4 Å². The molecule has 0 bridgehead atoms. The van der Waals surface area contributed by atoms with Gasteiger partial charge in [0.1, 0.15) is 5.58 Å². The summed E-state index contributed by atoms with van der Waals surface area (Å²) < 4.78 is 10.6. The first-order chi connectivity index (χ1) is 7.77. The van der Waals surface area contributed by atoms with Gasteiger partial charge in [0.25, 0.3) is 0 Å². The van der Waals surface area contributed by atoms with Gasteiger partial charge in [0.2, 0.25) is 5.75 Å². The topological polar surface area (TPSA) is 39.4 Å². The van der Waals surface area contributed by atoms with E-state index in [2.05, 4.69) is 0 Å². The average molecular weight is 218 g/mol. The summed E-state index contributed by atoms with van der Waals surface area (Å²) in [5.74, 6) is 0.351. The SMILES string of the molecule is CCOc1c(CC)c2ccccc2oc1=O. The predicted octanol–water partition coefficient (Wildman–Crippen LogP) is 2.75. The summed E-state index contributed by atoms with van der Waals surface area (Å²) >= 11 is 0. The number of fused-ring (bicyclic) bond motifs is 1. The van der Waals surface area contributed by atoms with Crippen LogP contribution in [0, 0.1) is 0 Å². The molecule has 0 amide bonds. The number of hydrogen-bond donors (Lipinski definition) is 0. The van der Waals surface area contributed by atoms with Gasteiger partial charge in [-0.3, -0.25) is 0 Å². The highest BCUT2D eigenvalue weighted by molar-refractivity contribution is 5.82. The summed E-state index contributed by atoms with van der Waals surface area (Å²) in [7, 11) is 0. The largest absolute Gasteiger partial charge is 0.487 e. The molecule has 0 spiro atoms. The Bertz CT molecular complexity index is 555. The van der Waals surface area contributed by atoms with E-state index in [9.17, 15) is 4.79 Å². The van der Waals surface area contributed by atoms with Crippen molar-refractivity contribution in [3.8, 4) is 5.75 Å². The summed E-state index contributed by atoms with van der Waals surface area (Å²) in [5.41, 5.74) is 1.15. The minimum atomic E-state index is -0.391. The van der Waals surface area contributed by atoms with Crippen molar-refractivity contribution in [1.82, 2.24) is 0 Å². The molecule has 0 saturated carbocycles. The molecule has 0 radical (unpaired) electrons. The van der Waals surface area contributed by atoms with Crippen molar-refractivity contribution < 1.29 is 9.15 Å². The van der Waals surface area contributed by atoms with Crippen LogP contribution in [-0.4, -0.2) is 6.61 Å². The van der Waals surface area contributed by atoms with Gasteiger partial charge in [0.05, 0.1) is 6.61 Å². The van der Waals surface area contributed by atoms with Crippen LogP contribution >= 0.6 is 0 Å². The third-order valence-corrected chi connectivity index (χ3v) is 2.52. The summed E-state index contributed by atoms with van der Waals surface area (Å²) in [6.07, 6.45) is 0.751. The van der Waals surface area contributed by atoms with Crippen LogP contribution in [0.15, 0.2) is 33.5 Å². The number of rotatable bonds is 3. The van der Waals surface area contributed by atoms with Crippen LogP contribution in [-0.2, 0) is 6.42 Å². The molecule has 0 fully saturated rings. The maximum atomic E-state index is 11.7. The highest BCUT2D eigenvalue weighted by atomic mass is 16.5. The Balaban J connectivity index is 2.79. The second kappa shape index (κ2) is 4.39. The molecular weight excluding hydrogens is 204 g/mol. The quantitative estimate of drug-likeness (QED) is 0.743. The zero-order chi connectivity index (χ0) is 11.5. The molecule has 0 atom stereocenters. The third-order valence-electron chi connectivity index (χ3n) is 2.52. The molecule has 2 aromatic rings. The molecule has 2 rings (SSSR count). The average Bonchev–Trinajstić information content (AvgIpc) is 2.30. The lowest BCUT2D eigenvalue weighted by atomic mass is 10.1. The van der Waals surface area contributed by atoms with Crippen LogP contribution in [0.4, 0.5) is 0 Å².